The fourth-order valence-corrected chi connectivity index (χ4v) is 2.03. The summed E-state index contributed by atoms with van der Waals surface area (Å²) in [4.78, 5) is 4.23. The molecule has 0 saturated carbocycles. The molecule has 3 nitrogen and oxygen atoms in total. The van der Waals surface area contributed by atoms with Crippen molar-refractivity contribution in [1.82, 2.24) is 14.9 Å². The molecule has 6 heteroatoms. The van der Waals surface area contributed by atoms with Gasteiger partial charge in [-0.1, -0.05) is 19.1 Å². The molecule has 114 valence electrons. The van der Waals surface area contributed by atoms with Crippen LogP contribution in [-0.2, 0) is 19.3 Å². The molecule has 21 heavy (non-hydrogen) atoms. The van der Waals surface area contributed by atoms with Crippen molar-refractivity contribution in [2.45, 2.75) is 32.6 Å². The summed E-state index contributed by atoms with van der Waals surface area (Å²) in [5.41, 5.74) is 0.871. The maximum atomic E-state index is 12.7. The Labute approximate surface area is 121 Å². The van der Waals surface area contributed by atoms with Crippen molar-refractivity contribution >= 4 is 0 Å². The molecule has 0 saturated heterocycles. The lowest BCUT2D eigenvalue weighted by Gasteiger charge is -2.09. The monoisotopic (exact) mass is 297 g/mol. The van der Waals surface area contributed by atoms with E-state index in [0.29, 0.717) is 18.7 Å². The predicted octanol–water partition coefficient (Wildman–Crippen LogP) is 3.45. The smallest absolute Gasteiger partial charge is 0.333 e. The molecule has 1 aromatic heterocycles. The minimum absolute atomic E-state index is 0.380. The van der Waals surface area contributed by atoms with Crippen LogP contribution in [-0.4, -0.2) is 16.1 Å². The first-order valence-electron chi connectivity index (χ1n) is 6.86. The maximum Gasteiger partial charge on any atom is 0.416 e. The van der Waals surface area contributed by atoms with Crippen molar-refractivity contribution in [3.05, 3.63) is 53.6 Å². The highest BCUT2D eigenvalue weighted by atomic mass is 19.4. The van der Waals surface area contributed by atoms with Gasteiger partial charge in [0.25, 0.3) is 0 Å². The number of alkyl halides is 3. The molecule has 1 N–H and O–H groups in total. The van der Waals surface area contributed by atoms with Gasteiger partial charge in [0.15, 0.2) is 0 Å². The molecule has 2 aromatic rings. The average Bonchev–Trinajstić information content (AvgIpc) is 2.86. The molecule has 0 aliphatic heterocycles. The van der Waals surface area contributed by atoms with Crippen LogP contribution >= 0.6 is 0 Å². The average molecular weight is 297 g/mol. The lowest BCUT2D eigenvalue weighted by molar-refractivity contribution is -0.137. The first-order valence-corrected chi connectivity index (χ1v) is 6.86. The Bertz CT molecular complexity index is 576. The zero-order chi connectivity index (χ0) is 15.3. The van der Waals surface area contributed by atoms with E-state index < -0.39 is 11.7 Å². The van der Waals surface area contributed by atoms with E-state index in [1.807, 2.05) is 6.20 Å². The van der Waals surface area contributed by atoms with Crippen LogP contribution in [0, 0.1) is 0 Å². The quantitative estimate of drug-likeness (QED) is 0.828. The molecule has 0 aliphatic rings. The van der Waals surface area contributed by atoms with E-state index in [4.69, 9.17) is 0 Å². The highest BCUT2D eigenvalue weighted by Gasteiger charge is 2.30. The minimum atomic E-state index is -4.31. The van der Waals surface area contributed by atoms with Gasteiger partial charge < -0.3 is 9.88 Å². The molecular formula is C15H18F3N3. The number of hydrogen-bond acceptors (Lipinski definition) is 2. The summed E-state index contributed by atoms with van der Waals surface area (Å²) in [6.45, 7) is 4.05. The first-order chi connectivity index (χ1) is 9.99. The number of nitrogens with zero attached hydrogens (tertiary/aromatic N) is 2. The number of imidazole rings is 1. The van der Waals surface area contributed by atoms with Crippen LogP contribution in [0.25, 0.3) is 0 Å². The van der Waals surface area contributed by atoms with Gasteiger partial charge in [0, 0.05) is 19.3 Å². The van der Waals surface area contributed by atoms with E-state index in [1.165, 1.54) is 12.1 Å². The topological polar surface area (TPSA) is 29.9 Å². The fourth-order valence-electron chi connectivity index (χ4n) is 2.03. The summed E-state index contributed by atoms with van der Waals surface area (Å²) in [5, 5.41) is 3.23. The van der Waals surface area contributed by atoms with Gasteiger partial charge in [0.1, 0.15) is 0 Å². The third-order valence-electron chi connectivity index (χ3n) is 3.04. The van der Waals surface area contributed by atoms with Gasteiger partial charge in [-0.3, -0.25) is 0 Å². The van der Waals surface area contributed by atoms with Crippen LogP contribution in [0.3, 0.4) is 0 Å². The van der Waals surface area contributed by atoms with Gasteiger partial charge in [-0.05, 0) is 30.7 Å². The van der Waals surface area contributed by atoms with Crippen LogP contribution in [0.5, 0.6) is 0 Å². The third kappa shape index (κ3) is 4.60. The second kappa shape index (κ2) is 6.76. The van der Waals surface area contributed by atoms with Gasteiger partial charge in [0.2, 0.25) is 0 Å². The molecule has 1 aromatic carbocycles. The number of halogens is 3. The molecule has 0 amide bonds. The Morgan fingerprint density at radius 3 is 2.81 bits per heavy atom. The Balaban J connectivity index is 2.02. The van der Waals surface area contributed by atoms with Gasteiger partial charge >= 0.3 is 6.18 Å². The van der Waals surface area contributed by atoms with E-state index in [9.17, 15) is 13.2 Å². The van der Waals surface area contributed by atoms with Crippen LogP contribution in [0.2, 0.25) is 0 Å². The SMILES string of the molecule is CCCNCc1cn(Cc2cccc(C(F)(F)F)c2)cn1. The van der Waals surface area contributed by atoms with Crippen molar-refractivity contribution in [3.63, 3.8) is 0 Å². The highest BCUT2D eigenvalue weighted by molar-refractivity contribution is 5.26. The standard InChI is InChI=1S/C15H18F3N3/c1-2-6-19-8-14-10-21(11-20-14)9-12-4-3-5-13(7-12)15(16,17)18/h3-5,7,10-11,19H,2,6,8-9H2,1H3. The second-order valence-electron chi connectivity index (χ2n) is 4.91. The van der Waals surface area contributed by atoms with Crippen molar-refractivity contribution in [2.24, 2.45) is 0 Å². The zero-order valence-corrected chi connectivity index (χ0v) is 11.8. The molecule has 0 atom stereocenters. The Morgan fingerprint density at radius 1 is 1.29 bits per heavy atom. The number of benzene rings is 1. The molecule has 0 aliphatic carbocycles. The van der Waals surface area contributed by atoms with E-state index >= 15 is 0 Å². The van der Waals surface area contributed by atoms with Crippen molar-refractivity contribution < 1.29 is 13.2 Å². The van der Waals surface area contributed by atoms with Gasteiger partial charge in [-0.25, -0.2) is 4.98 Å². The number of aromatic nitrogens is 2. The summed E-state index contributed by atoms with van der Waals surface area (Å²) < 4.78 is 39.8. The first kappa shape index (κ1) is 15.6. The van der Waals surface area contributed by atoms with Crippen LogP contribution in [0.1, 0.15) is 30.2 Å². The number of hydrogen-bond donors (Lipinski definition) is 1. The molecule has 0 bridgehead atoms. The molecule has 0 spiro atoms. The van der Waals surface area contributed by atoms with E-state index in [2.05, 4.69) is 17.2 Å². The highest BCUT2D eigenvalue weighted by Crippen LogP contribution is 2.29. The summed E-state index contributed by atoms with van der Waals surface area (Å²) >= 11 is 0. The van der Waals surface area contributed by atoms with Gasteiger partial charge in [0.05, 0.1) is 17.6 Å². The molecule has 0 radical (unpaired) electrons. The zero-order valence-electron chi connectivity index (χ0n) is 11.8. The normalized spacial score (nSPS) is 11.8. The van der Waals surface area contributed by atoms with Crippen LogP contribution < -0.4 is 5.32 Å². The Kier molecular flexibility index (Phi) is 5.01. The van der Waals surface area contributed by atoms with E-state index in [-0.39, 0.29) is 0 Å². The van der Waals surface area contributed by atoms with Gasteiger partial charge in [-0.15, -0.1) is 0 Å². The van der Waals surface area contributed by atoms with Crippen molar-refractivity contribution in [3.8, 4) is 0 Å². The number of nitrogens with one attached hydrogen (secondary N) is 1. The predicted molar refractivity (Wildman–Crippen MR) is 74.8 cm³/mol. The molecule has 0 fully saturated rings. The summed E-state index contributed by atoms with van der Waals surface area (Å²) in [7, 11) is 0. The van der Waals surface area contributed by atoms with Gasteiger partial charge in [-0.2, -0.15) is 13.2 Å². The summed E-state index contributed by atoms with van der Waals surface area (Å²) in [5.74, 6) is 0. The maximum absolute atomic E-state index is 12.7. The summed E-state index contributed by atoms with van der Waals surface area (Å²) in [6.07, 6.45) is 0.233. The summed E-state index contributed by atoms with van der Waals surface area (Å²) in [6, 6.07) is 5.37. The van der Waals surface area contributed by atoms with Crippen LogP contribution in [0.15, 0.2) is 36.8 Å². The molecule has 1 heterocycles. The van der Waals surface area contributed by atoms with E-state index in [0.717, 1.165) is 24.7 Å². The lowest BCUT2D eigenvalue weighted by Crippen LogP contribution is -2.13. The van der Waals surface area contributed by atoms with E-state index in [1.54, 1.807) is 17.0 Å². The fraction of sp³-hybridized carbons (Fsp3) is 0.400. The molecule has 2 rings (SSSR count). The molecular weight excluding hydrogens is 279 g/mol. The van der Waals surface area contributed by atoms with Crippen LogP contribution in [0.4, 0.5) is 13.2 Å². The lowest BCUT2D eigenvalue weighted by atomic mass is 10.1. The molecule has 0 unspecified atom stereocenters. The minimum Gasteiger partial charge on any atom is -0.333 e. The van der Waals surface area contributed by atoms with Crippen molar-refractivity contribution in [2.75, 3.05) is 6.54 Å². The Hall–Kier alpha value is -1.82. The third-order valence-corrected chi connectivity index (χ3v) is 3.04. The Morgan fingerprint density at radius 2 is 2.10 bits per heavy atom. The van der Waals surface area contributed by atoms with Crippen molar-refractivity contribution in [1.29, 1.82) is 0 Å². The number of rotatable bonds is 6. The second-order valence-corrected chi connectivity index (χ2v) is 4.91. The largest absolute Gasteiger partial charge is 0.416 e.